The van der Waals surface area contributed by atoms with Crippen LogP contribution in [0.3, 0.4) is 0 Å². The summed E-state index contributed by atoms with van der Waals surface area (Å²) in [6.07, 6.45) is 0. The number of hydrogen-bond donors (Lipinski definition) is 0. The van der Waals surface area contributed by atoms with Crippen LogP contribution in [0, 0.1) is 0 Å². The Morgan fingerprint density at radius 1 is 1.00 bits per heavy atom. The van der Waals surface area contributed by atoms with Gasteiger partial charge in [-0.1, -0.05) is 18.2 Å². The lowest BCUT2D eigenvalue weighted by Crippen LogP contribution is -2.37. The summed E-state index contributed by atoms with van der Waals surface area (Å²) in [5.41, 5.74) is 0.299. The molecule has 4 rings (SSSR count). The maximum Gasteiger partial charge on any atom is 0.332 e. The number of amides is 1. The van der Waals surface area contributed by atoms with Crippen molar-refractivity contribution < 1.29 is 4.79 Å². The maximum atomic E-state index is 12.4. The smallest absolute Gasteiger partial charge is 0.286 e. The van der Waals surface area contributed by atoms with Gasteiger partial charge in [0.05, 0.1) is 5.69 Å². The highest BCUT2D eigenvalue weighted by molar-refractivity contribution is 6.04. The number of carbonyl (C=O) groups excluding carboxylic acids is 1. The van der Waals surface area contributed by atoms with Crippen LogP contribution in [0.2, 0.25) is 0 Å². The van der Waals surface area contributed by atoms with Crippen molar-refractivity contribution in [1.29, 1.82) is 0 Å². The van der Waals surface area contributed by atoms with Crippen molar-refractivity contribution in [3.05, 3.63) is 51.2 Å². The molecule has 0 N–H and O–H groups in total. The Labute approximate surface area is 129 Å². The first-order chi connectivity index (χ1) is 11.0. The number of benzene rings is 1. The quantitative estimate of drug-likeness (QED) is 0.639. The maximum absolute atomic E-state index is 12.4. The van der Waals surface area contributed by atoms with Crippen LogP contribution in [0.15, 0.2) is 39.9 Å². The predicted octanol–water partition coefficient (Wildman–Crippen LogP) is 0.112. The lowest BCUT2D eigenvalue weighted by molar-refractivity contribution is -0.117. The van der Waals surface area contributed by atoms with Gasteiger partial charge in [-0.25, -0.2) is 14.7 Å². The van der Waals surface area contributed by atoms with E-state index < -0.39 is 11.2 Å². The van der Waals surface area contributed by atoms with Gasteiger partial charge in [-0.3, -0.25) is 23.3 Å². The van der Waals surface area contributed by atoms with Crippen LogP contribution in [-0.4, -0.2) is 24.6 Å². The van der Waals surface area contributed by atoms with Gasteiger partial charge in [-0.2, -0.15) is 0 Å². The number of aromatic nitrogens is 4. The highest BCUT2D eigenvalue weighted by atomic mass is 16.2. The van der Waals surface area contributed by atoms with Gasteiger partial charge >= 0.3 is 5.69 Å². The molecule has 0 atom stereocenters. The highest BCUT2D eigenvalue weighted by Crippen LogP contribution is 2.32. The lowest BCUT2D eigenvalue weighted by atomic mass is 10.3. The molecule has 8 heteroatoms. The summed E-state index contributed by atoms with van der Waals surface area (Å²) in [7, 11) is 2.98. The summed E-state index contributed by atoms with van der Waals surface area (Å²) in [6, 6.07) is 9.09. The van der Waals surface area contributed by atoms with Crippen molar-refractivity contribution >= 4 is 28.7 Å². The van der Waals surface area contributed by atoms with E-state index in [9.17, 15) is 14.4 Å². The van der Waals surface area contributed by atoms with Gasteiger partial charge in [-0.05, 0) is 12.1 Å². The first-order valence-corrected chi connectivity index (χ1v) is 7.05. The molecule has 3 heterocycles. The second-order valence-corrected chi connectivity index (χ2v) is 5.44. The normalized spacial score (nSPS) is 13.8. The molecule has 0 saturated carbocycles. The summed E-state index contributed by atoms with van der Waals surface area (Å²) in [5.74, 6) is 0.197. The SMILES string of the molecule is Cn1c(=O)c2nc3n(c2n(C)c1=O)CC(=O)N3c1ccccc1. The molecular weight excluding hydrogens is 298 g/mol. The molecule has 0 saturated heterocycles. The Morgan fingerprint density at radius 2 is 1.70 bits per heavy atom. The molecule has 0 spiro atoms. The summed E-state index contributed by atoms with van der Waals surface area (Å²) in [6.45, 7) is 0.0428. The minimum absolute atomic E-state index is 0.0428. The monoisotopic (exact) mass is 311 g/mol. The van der Waals surface area contributed by atoms with E-state index in [-0.39, 0.29) is 18.0 Å². The van der Waals surface area contributed by atoms with Gasteiger partial charge < -0.3 is 0 Å². The molecule has 1 aliphatic rings. The molecular formula is C15H13N5O3. The molecule has 8 nitrogen and oxygen atoms in total. The van der Waals surface area contributed by atoms with E-state index in [1.807, 2.05) is 18.2 Å². The van der Waals surface area contributed by atoms with Crippen LogP contribution in [-0.2, 0) is 25.4 Å². The fourth-order valence-corrected chi connectivity index (χ4v) is 2.95. The Morgan fingerprint density at radius 3 is 2.39 bits per heavy atom. The molecule has 0 radical (unpaired) electrons. The third-order valence-electron chi connectivity index (χ3n) is 4.08. The van der Waals surface area contributed by atoms with Crippen LogP contribution in [0.4, 0.5) is 11.6 Å². The number of aryl methyl sites for hydroxylation is 1. The zero-order chi connectivity index (χ0) is 16.3. The number of para-hydroxylation sites is 1. The van der Waals surface area contributed by atoms with E-state index in [1.165, 1.54) is 16.5 Å². The largest absolute Gasteiger partial charge is 0.332 e. The fraction of sp³-hybridized carbons (Fsp3) is 0.200. The van der Waals surface area contributed by atoms with Gasteiger partial charge in [-0.15, -0.1) is 0 Å². The second kappa shape index (κ2) is 4.42. The minimum Gasteiger partial charge on any atom is -0.286 e. The molecule has 1 aromatic carbocycles. The predicted molar refractivity (Wildman–Crippen MR) is 83.8 cm³/mol. The Bertz CT molecular complexity index is 1070. The Kier molecular flexibility index (Phi) is 2.59. The van der Waals surface area contributed by atoms with E-state index in [0.717, 1.165) is 4.57 Å². The third kappa shape index (κ3) is 1.65. The molecule has 1 aliphatic heterocycles. The highest BCUT2D eigenvalue weighted by Gasteiger charge is 2.34. The minimum atomic E-state index is -0.467. The number of nitrogens with zero attached hydrogens (tertiary/aromatic N) is 5. The Hall–Kier alpha value is -3.16. The average molecular weight is 311 g/mol. The molecule has 3 aromatic rings. The zero-order valence-electron chi connectivity index (χ0n) is 12.6. The van der Waals surface area contributed by atoms with E-state index >= 15 is 0 Å². The number of hydrogen-bond acceptors (Lipinski definition) is 4. The molecule has 0 aliphatic carbocycles. The van der Waals surface area contributed by atoms with Crippen LogP contribution < -0.4 is 16.1 Å². The molecule has 0 unspecified atom stereocenters. The van der Waals surface area contributed by atoms with Crippen LogP contribution in [0.1, 0.15) is 0 Å². The first-order valence-electron chi connectivity index (χ1n) is 7.05. The standard InChI is InChI=1S/C15H13N5O3/c1-17-12-11(13(22)18(2)15(17)23)16-14-19(12)8-10(21)20(14)9-6-4-3-5-7-9/h3-7H,8H2,1-2H3. The van der Waals surface area contributed by atoms with Gasteiger partial charge in [0.2, 0.25) is 5.95 Å². The van der Waals surface area contributed by atoms with E-state index in [4.69, 9.17) is 0 Å². The van der Waals surface area contributed by atoms with Crippen molar-refractivity contribution in [3.63, 3.8) is 0 Å². The van der Waals surface area contributed by atoms with E-state index in [0.29, 0.717) is 17.3 Å². The van der Waals surface area contributed by atoms with Gasteiger partial charge in [0, 0.05) is 14.1 Å². The number of imidazole rings is 1. The Balaban J connectivity index is 2.08. The van der Waals surface area contributed by atoms with Crippen molar-refractivity contribution in [2.24, 2.45) is 14.1 Å². The van der Waals surface area contributed by atoms with Crippen molar-refractivity contribution in [1.82, 2.24) is 18.7 Å². The van der Waals surface area contributed by atoms with Crippen LogP contribution in [0.25, 0.3) is 11.2 Å². The number of fused-ring (bicyclic) bond motifs is 3. The number of carbonyl (C=O) groups is 1. The first kappa shape index (κ1) is 13.5. The van der Waals surface area contributed by atoms with Crippen molar-refractivity contribution in [2.75, 3.05) is 4.90 Å². The van der Waals surface area contributed by atoms with Gasteiger partial charge in [0.1, 0.15) is 6.54 Å². The summed E-state index contributed by atoms with van der Waals surface area (Å²) < 4.78 is 3.96. The lowest BCUT2D eigenvalue weighted by Gasteiger charge is -2.13. The molecule has 1 amide bonds. The summed E-state index contributed by atoms with van der Waals surface area (Å²) in [4.78, 5) is 42.6. The van der Waals surface area contributed by atoms with E-state index in [2.05, 4.69) is 4.98 Å². The van der Waals surface area contributed by atoms with Crippen LogP contribution in [0.5, 0.6) is 0 Å². The third-order valence-corrected chi connectivity index (χ3v) is 4.08. The molecule has 23 heavy (non-hydrogen) atoms. The van der Waals surface area contributed by atoms with Crippen molar-refractivity contribution in [2.45, 2.75) is 6.54 Å². The second-order valence-electron chi connectivity index (χ2n) is 5.44. The van der Waals surface area contributed by atoms with Gasteiger partial charge in [0.25, 0.3) is 11.5 Å². The average Bonchev–Trinajstić information content (AvgIpc) is 3.06. The zero-order valence-corrected chi connectivity index (χ0v) is 12.6. The molecule has 2 aromatic heterocycles. The molecule has 0 fully saturated rings. The fourth-order valence-electron chi connectivity index (χ4n) is 2.95. The van der Waals surface area contributed by atoms with Crippen LogP contribution >= 0.6 is 0 Å². The number of anilines is 2. The van der Waals surface area contributed by atoms with E-state index in [1.54, 1.807) is 23.7 Å². The summed E-state index contributed by atoms with van der Waals surface area (Å²) in [5, 5.41) is 0. The number of rotatable bonds is 1. The molecule has 116 valence electrons. The van der Waals surface area contributed by atoms with Gasteiger partial charge in [0.15, 0.2) is 11.2 Å². The summed E-state index contributed by atoms with van der Waals surface area (Å²) >= 11 is 0. The molecule has 0 bridgehead atoms. The van der Waals surface area contributed by atoms with Crippen molar-refractivity contribution in [3.8, 4) is 0 Å². The topological polar surface area (TPSA) is 82.1 Å².